The summed E-state index contributed by atoms with van der Waals surface area (Å²) in [6.07, 6.45) is 3.12. The molecule has 7 nitrogen and oxygen atoms in total. The number of hydrogen-bond donors (Lipinski definition) is 1. The zero-order chi connectivity index (χ0) is 22.6. The van der Waals surface area contributed by atoms with Crippen molar-refractivity contribution in [2.45, 2.75) is 39.5 Å². The average molecular weight is 430 g/mol. The summed E-state index contributed by atoms with van der Waals surface area (Å²) in [5, 5.41) is 2.82. The zero-order valence-electron chi connectivity index (χ0n) is 18.6. The summed E-state index contributed by atoms with van der Waals surface area (Å²) in [6.45, 7) is 4.01. The SMILES string of the molecule is CCCCCC(C(=O)Nc1ccc(OC)cc1Oc1ccccc1OC)C(=O)OCC. The zero-order valence-corrected chi connectivity index (χ0v) is 18.6. The Balaban J connectivity index is 2.29. The van der Waals surface area contributed by atoms with E-state index in [2.05, 4.69) is 12.2 Å². The highest BCUT2D eigenvalue weighted by Gasteiger charge is 2.28. The number of hydrogen-bond acceptors (Lipinski definition) is 6. The van der Waals surface area contributed by atoms with Crippen LogP contribution in [0.5, 0.6) is 23.0 Å². The number of para-hydroxylation sites is 2. The van der Waals surface area contributed by atoms with Crippen molar-refractivity contribution < 1.29 is 28.5 Å². The molecule has 0 aromatic heterocycles. The third-order valence-corrected chi connectivity index (χ3v) is 4.72. The van der Waals surface area contributed by atoms with Crippen LogP contribution in [-0.2, 0) is 14.3 Å². The molecule has 0 aliphatic carbocycles. The normalized spacial score (nSPS) is 11.4. The molecule has 2 aromatic carbocycles. The van der Waals surface area contributed by atoms with E-state index in [9.17, 15) is 9.59 Å². The molecule has 1 unspecified atom stereocenters. The van der Waals surface area contributed by atoms with Gasteiger partial charge in [-0.05, 0) is 37.6 Å². The van der Waals surface area contributed by atoms with E-state index < -0.39 is 17.8 Å². The van der Waals surface area contributed by atoms with E-state index in [4.69, 9.17) is 18.9 Å². The molecular formula is C24H31NO6. The number of nitrogens with one attached hydrogen (secondary N) is 1. The first-order valence-electron chi connectivity index (χ1n) is 10.5. The van der Waals surface area contributed by atoms with Crippen molar-refractivity contribution in [2.75, 3.05) is 26.1 Å². The molecule has 0 bridgehead atoms. The molecular weight excluding hydrogens is 398 g/mol. The third-order valence-electron chi connectivity index (χ3n) is 4.72. The molecule has 0 aliphatic heterocycles. The molecule has 168 valence electrons. The van der Waals surface area contributed by atoms with E-state index in [1.54, 1.807) is 51.5 Å². The fourth-order valence-electron chi connectivity index (χ4n) is 3.06. The fourth-order valence-corrected chi connectivity index (χ4v) is 3.06. The van der Waals surface area contributed by atoms with Crippen LogP contribution in [-0.4, -0.2) is 32.7 Å². The fraction of sp³-hybridized carbons (Fsp3) is 0.417. The van der Waals surface area contributed by atoms with Crippen LogP contribution in [0.25, 0.3) is 0 Å². The number of rotatable bonds is 12. The molecule has 2 aromatic rings. The van der Waals surface area contributed by atoms with E-state index in [0.717, 1.165) is 19.3 Å². The monoisotopic (exact) mass is 429 g/mol. The van der Waals surface area contributed by atoms with E-state index in [1.165, 1.54) is 0 Å². The van der Waals surface area contributed by atoms with Gasteiger partial charge in [0.05, 0.1) is 26.5 Å². The van der Waals surface area contributed by atoms with Crippen molar-refractivity contribution >= 4 is 17.6 Å². The van der Waals surface area contributed by atoms with Gasteiger partial charge in [-0.1, -0.05) is 38.3 Å². The molecule has 0 saturated carbocycles. The van der Waals surface area contributed by atoms with Crippen molar-refractivity contribution in [2.24, 2.45) is 5.92 Å². The van der Waals surface area contributed by atoms with Crippen molar-refractivity contribution in [3.63, 3.8) is 0 Å². The molecule has 1 amide bonds. The summed E-state index contributed by atoms with van der Waals surface area (Å²) in [7, 11) is 3.10. The topological polar surface area (TPSA) is 83.1 Å². The van der Waals surface area contributed by atoms with Gasteiger partial charge in [-0.3, -0.25) is 9.59 Å². The second kappa shape index (κ2) is 12.5. The second-order valence-corrected chi connectivity index (χ2v) is 6.90. The van der Waals surface area contributed by atoms with Crippen LogP contribution in [0.2, 0.25) is 0 Å². The maximum Gasteiger partial charge on any atom is 0.318 e. The molecule has 2 rings (SSSR count). The number of methoxy groups -OCH3 is 2. The van der Waals surface area contributed by atoms with Gasteiger partial charge in [-0.15, -0.1) is 0 Å². The van der Waals surface area contributed by atoms with Gasteiger partial charge in [0.25, 0.3) is 0 Å². The number of anilines is 1. The maximum atomic E-state index is 13.0. The van der Waals surface area contributed by atoms with Crippen LogP contribution < -0.4 is 19.5 Å². The number of carbonyl (C=O) groups excluding carboxylic acids is 2. The van der Waals surface area contributed by atoms with Crippen molar-refractivity contribution in [1.29, 1.82) is 0 Å². The Hall–Kier alpha value is -3.22. The number of carbonyl (C=O) groups is 2. The predicted molar refractivity (Wildman–Crippen MR) is 119 cm³/mol. The minimum Gasteiger partial charge on any atom is -0.497 e. The molecule has 0 fully saturated rings. The van der Waals surface area contributed by atoms with Crippen LogP contribution >= 0.6 is 0 Å². The Labute approximate surface area is 183 Å². The second-order valence-electron chi connectivity index (χ2n) is 6.90. The number of unbranched alkanes of at least 4 members (excludes halogenated alkanes) is 2. The van der Waals surface area contributed by atoms with Gasteiger partial charge in [-0.25, -0.2) is 0 Å². The lowest BCUT2D eigenvalue weighted by molar-refractivity contribution is -0.151. The number of benzene rings is 2. The Morgan fingerprint density at radius 1 is 0.935 bits per heavy atom. The third kappa shape index (κ3) is 6.91. The highest BCUT2D eigenvalue weighted by atomic mass is 16.5. The van der Waals surface area contributed by atoms with Crippen LogP contribution in [0.15, 0.2) is 42.5 Å². The first-order valence-corrected chi connectivity index (χ1v) is 10.5. The molecule has 1 atom stereocenters. The quantitative estimate of drug-likeness (QED) is 0.284. The summed E-state index contributed by atoms with van der Waals surface area (Å²) in [6, 6.07) is 12.2. The molecule has 0 heterocycles. The molecule has 0 spiro atoms. The standard InChI is InChI=1S/C24H31NO6/c1-5-7-8-11-18(24(27)30-6-2)23(26)25-19-15-14-17(28-3)16-22(19)31-21-13-10-9-12-20(21)29-4/h9-10,12-16,18H,5-8,11H2,1-4H3,(H,25,26). The van der Waals surface area contributed by atoms with Crippen molar-refractivity contribution in [1.82, 2.24) is 0 Å². The highest BCUT2D eigenvalue weighted by Crippen LogP contribution is 2.37. The molecule has 0 aliphatic rings. The highest BCUT2D eigenvalue weighted by molar-refractivity contribution is 6.05. The van der Waals surface area contributed by atoms with Crippen molar-refractivity contribution in [3.05, 3.63) is 42.5 Å². The Bertz CT molecular complexity index is 867. The van der Waals surface area contributed by atoms with E-state index >= 15 is 0 Å². The number of ether oxygens (including phenoxy) is 4. The van der Waals surface area contributed by atoms with E-state index in [1.807, 2.05) is 12.1 Å². The predicted octanol–water partition coefficient (Wildman–Crippen LogP) is 5.19. The van der Waals surface area contributed by atoms with E-state index in [-0.39, 0.29) is 6.61 Å². The van der Waals surface area contributed by atoms with Crippen molar-refractivity contribution in [3.8, 4) is 23.0 Å². The van der Waals surface area contributed by atoms with Gasteiger partial charge in [0.2, 0.25) is 5.91 Å². The van der Waals surface area contributed by atoms with Gasteiger partial charge in [0, 0.05) is 6.07 Å². The molecule has 0 saturated heterocycles. The lowest BCUT2D eigenvalue weighted by atomic mass is 10.00. The molecule has 1 N–H and O–H groups in total. The first-order chi connectivity index (χ1) is 15.0. The van der Waals surface area contributed by atoms with E-state index in [0.29, 0.717) is 35.1 Å². The summed E-state index contributed by atoms with van der Waals surface area (Å²) < 4.78 is 21.8. The summed E-state index contributed by atoms with van der Waals surface area (Å²) in [5.41, 5.74) is 0.418. The number of amides is 1. The van der Waals surface area contributed by atoms with Gasteiger partial charge < -0.3 is 24.3 Å². The van der Waals surface area contributed by atoms with Gasteiger partial charge in [0.15, 0.2) is 17.2 Å². The summed E-state index contributed by atoms with van der Waals surface area (Å²) in [5.74, 6) is 0.139. The van der Waals surface area contributed by atoms with Crippen LogP contribution in [0.3, 0.4) is 0 Å². The van der Waals surface area contributed by atoms with Crippen LogP contribution in [0.4, 0.5) is 5.69 Å². The summed E-state index contributed by atoms with van der Waals surface area (Å²) in [4.78, 5) is 25.4. The van der Waals surface area contributed by atoms with Crippen LogP contribution in [0.1, 0.15) is 39.5 Å². The molecule has 0 radical (unpaired) electrons. The average Bonchev–Trinajstić information content (AvgIpc) is 2.78. The molecule has 31 heavy (non-hydrogen) atoms. The lowest BCUT2D eigenvalue weighted by Crippen LogP contribution is -2.31. The van der Waals surface area contributed by atoms with Crippen LogP contribution in [0, 0.1) is 5.92 Å². The molecule has 7 heteroatoms. The minimum atomic E-state index is -0.882. The largest absolute Gasteiger partial charge is 0.497 e. The Kier molecular flexibility index (Phi) is 9.68. The van der Waals surface area contributed by atoms with Gasteiger partial charge in [0.1, 0.15) is 11.7 Å². The first kappa shape index (κ1) is 24.1. The summed E-state index contributed by atoms with van der Waals surface area (Å²) >= 11 is 0. The number of esters is 1. The smallest absolute Gasteiger partial charge is 0.318 e. The lowest BCUT2D eigenvalue weighted by Gasteiger charge is -2.18. The van der Waals surface area contributed by atoms with Gasteiger partial charge in [-0.2, -0.15) is 0 Å². The maximum absolute atomic E-state index is 13.0. The Morgan fingerprint density at radius 2 is 1.68 bits per heavy atom. The minimum absolute atomic E-state index is 0.223. The Morgan fingerprint density at radius 3 is 2.32 bits per heavy atom. The van der Waals surface area contributed by atoms with Gasteiger partial charge >= 0.3 is 5.97 Å².